The van der Waals surface area contributed by atoms with E-state index < -0.39 is 0 Å². The zero-order valence-corrected chi connectivity index (χ0v) is 16.0. The molecule has 0 aliphatic carbocycles. The minimum Gasteiger partial charge on any atom is -0.325 e. The molecule has 2 N–H and O–H groups in total. The third kappa shape index (κ3) is 6.17. The summed E-state index contributed by atoms with van der Waals surface area (Å²) >= 11 is 11.8. The van der Waals surface area contributed by atoms with Crippen LogP contribution in [0.1, 0.15) is 29.5 Å². The Bertz CT molecular complexity index is 851. The van der Waals surface area contributed by atoms with Gasteiger partial charge in [-0.15, -0.1) is 0 Å². The molecule has 0 fully saturated rings. The van der Waals surface area contributed by atoms with Gasteiger partial charge < -0.3 is 5.32 Å². The van der Waals surface area contributed by atoms with Crippen molar-refractivity contribution >= 4 is 46.9 Å². The van der Waals surface area contributed by atoms with Crippen molar-refractivity contribution in [2.24, 2.45) is 5.10 Å². The summed E-state index contributed by atoms with van der Waals surface area (Å²) in [7, 11) is 0. The topological polar surface area (TPSA) is 70.6 Å². The van der Waals surface area contributed by atoms with Crippen LogP contribution in [0.25, 0.3) is 0 Å². The molecule has 0 aromatic heterocycles. The standard InChI is InChI=1S/C19H19Cl2N3O2/c1-12-3-4-14(13(2)9-12)11-22-24-19(26)8-7-18(25)23-17-6-5-15(20)10-16(17)21/h3-6,9-11H,7-8H2,1-2H3,(H,23,25)(H,24,26). The van der Waals surface area contributed by atoms with Crippen LogP contribution >= 0.6 is 23.2 Å². The van der Waals surface area contributed by atoms with Crippen molar-refractivity contribution in [2.45, 2.75) is 26.7 Å². The highest BCUT2D eigenvalue weighted by Crippen LogP contribution is 2.25. The van der Waals surface area contributed by atoms with Crippen LogP contribution in [0.4, 0.5) is 5.69 Å². The molecule has 0 aliphatic rings. The molecule has 26 heavy (non-hydrogen) atoms. The summed E-state index contributed by atoms with van der Waals surface area (Å²) in [6.07, 6.45) is 1.62. The molecule has 2 aromatic carbocycles. The number of nitrogens with one attached hydrogen (secondary N) is 2. The Hall–Kier alpha value is -2.37. The number of benzene rings is 2. The van der Waals surface area contributed by atoms with Gasteiger partial charge in [0.15, 0.2) is 0 Å². The van der Waals surface area contributed by atoms with E-state index in [1.165, 1.54) is 6.07 Å². The lowest BCUT2D eigenvalue weighted by atomic mass is 10.1. The predicted molar refractivity (Wildman–Crippen MR) is 106 cm³/mol. The normalized spacial score (nSPS) is 10.8. The van der Waals surface area contributed by atoms with Crippen molar-refractivity contribution in [1.82, 2.24) is 5.43 Å². The fourth-order valence-electron chi connectivity index (χ4n) is 2.23. The summed E-state index contributed by atoms with van der Waals surface area (Å²) in [4.78, 5) is 23.7. The smallest absolute Gasteiger partial charge is 0.240 e. The Balaban J connectivity index is 1.79. The van der Waals surface area contributed by atoms with E-state index in [0.717, 1.165) is 16.7 Å². The van der Waals surface area contributed by atoms with Gasteiger partial charge in [-0.2, -0.15) is 5.10 Å². The average molecular weight is 392 g/mol. The lowest BCUT2D eigenvalue weighted by molar-refractivity contribution is -0.124. The monoisotopic (exact) mass is 391 g/mol. The minimum atomic E-state index is -0.344. The summed E-state index contributed by atoms with van der Waals surface area (Å²) in [5.74, 6) is -0.661. The molecule has 2 aromatic rings. The van der Waals surface area contributed by atoms with E-state index in [4.69, 9.17) is 23.2 Å². The van der Waals surface area contributed by atoms with Gasteiger partial charge in [0.05, 0.1) is 16.9 Å². The number of aryl methyl sites for hydroxylation is 2. The molecule has 136 valence electrons. The first-order valence-electron chi connectivity index (χ1n) is 7.99. The number of hydrogen-bond acceptors (Lipinski definition) is 3. The second kappa shape index (κ2) is 9.36. The van der Waals surface area contributed by atoms with Crippen LogP contribution in [0.5, 0.6) is 0 Å². The first-order valence-corrected chi connectivity index (χ1v) is 8.75. The van der Waals surface area contributed by atoms with E-state index in [1.54, 1.807) is 18.3 Å². The van der Waals surface area contributed by atoms with E-state index in [-0.39, 0.29) is 24.7 Å². The summed E-state index contributed by atoms with van der Waals surface area (Å²) in [5.41, 5.74) is 6.03. The maximum Gasteiger partial charge on any atom is 0.240 e. The van der Waals surface area contributed by atoms with Gasteiger partial charge in [0.2, 0.25) is 11.8 Å². The highest BCUT2D eigenvalue weighted by atomic mass is 35.5. The molecule has 0 atom stereocenters. The van der Waals surface area contributed by atoms with Crippen LogP contribution in [0.15, 0.2) is 41.5 Å². The number of nitrogens with zero attached hydrogens (tertiary/aromatic N) is 1. The summed E-state index contributed by atoms with van der Waals surface area (Å²) in [6.45, 7) is 3.99. The van der Waals surface area contributed by atoms with Gasteiger partial charge in [-0.25, -0.2) is 5.43 Å². The molecule has 0 saturated carbocycles. The zero-order chi connectivity index (χ0) is 19.1. The molecule has 0 heterocycles. The van der Waals surface area contributed by atoms with E-state index in [1.807, 2.05) is 32.0 Å². The van der Waals surface area contributed by atoms with Crippen LogP contribution in [0.2, 0.25) is 10.0 Å². The molecule has 5 nitrogen and oxygen atoms in total. The van der Waals surface area contributed by atoms with Gasteiger partial charge in [-0.1, -0.05) is 47.0 Å². The third-order valence-corrected chi connectivity index (χ3v) is 4.15. The quantitative estimate of drug-likeness (QED) is 0.562. The molecule has 2 rings (SSSR count). The fraction of sp³-hybridized carbons (Fsp3) is 0.211. The molecule has 7 heteroatoms. The van der Waals surface area contributed by atoms with Crippen LogP contribution in [0, 0.1) is 13.8 Å². The van der Waals surface area contributed by atoms with Crippen LogP contribution < -0.4 is 10.7 Å². The summed E-state index contributed by atoms with van der Waals surface area (Å²) < 4.78 is 0. The van der Waals surface area contributed by atoms with Crippen molar-refractivity contribution in [3.05, 3.63) is 63.1 Å². The van der Waals surface area contributed by atoms with Crippen LogP contribution in [0.3, 0.4) is 0 Å². The Morgan fingerprint density at radius 2 is 1.77 bits per heavy atom. The highest BCUT2D eigenvalue weighted by molar-refractivity contribution is 6.36. The molecule has 2 amide bonds. The van der Waals surface area contributed by atoms with E-state index >= 15 is 0 Å². The molecule has 0 radical (unpaired) electrons. The Kier molecular flexibility index (Phi) is 7.18. The first-order chi connectivity index (χ1) is 12.3. The van der Waals surface area contributed by atoms with Gasteiger partial charge in [0, 0.05) is 17.9 Å². The van der Waals surface area contributed by atoms with Crippen molar-refractivity contribution in [3.8, 4) is 0 Å². The lowest BCUT2D eigenvalue weighted by Crippen LogP contribution is -2.20. The van der Waals surface area contributed by atoms with Gasteiger partial charge in [0.25, 0.3) is 0 Å². The van der Waals surface area contributed by atoms with Crippen molar-refractivity contribution in [2.75, 3.05) is 5.32 Å². The molecular formula is C19H19Cl2N3O2. The molecule has 0 bridgehead atoms. The average Bonchev–Trinajstić information content (AvgIpc) is 2.57. The number of hydrogen-bond donors (Lipinski definition) is 2. The molecule has 0 unspecified atom stereocenters. The van der Waals surface area contributed by atoms with E-state index in [9.17, 15) is 9.59 Å². The lowest BCUT2D eigenvalue weighted by Gasteiger charge is -2.07. The minimum absolute atomic E-state index is 0.0151. The van der Waals surface area contributed by atoms with Gasteiger partial charge in [0.1, 0.15) is 0 Å². The predicted octanol–water partition coefficient (Wildman–Crippen LogP) is 4.48. The van der Waals surface area contributed by atoms with Gasteiger partial charge in [-0.3, -0.25) is 9.59 Å². The Morgan fingerprint density at radius 3 is 2.46 bits per heavy atom. The molecule has 0 saturated heterocycles. The van der Waals surface area contributed by atoms with E-state index in [2.05, 4.69) is 15.8 Å². The number of carbonyl (C=O) groups is 2. The zero-order valence-electron chi connectivity index (χ0n) is 14.5. The molecular weight excluding hydrogens is 373 g/mol. The first kappa shape index (κ1) is 19.9. The van der Waals surface area contributed by atoms with Crippen LogP contribution in [-0.4, -0.2) is 18.0 Å². The number of carbonyl (C=O) groups excluding carboxylic acids is 2. The maximum absolute atomic E-state index is 11.9. The summed E-state index contributed by atoms with van der Waals surface area (Å²) in [5, 5.41) is 7.39. The molecule has 0 spiro atoms. The number of rotatable bonds is 6. The number of amides is 2. The van der Waals surface area contributed by atoms with Crippen LogP contribution in [-0.2, 0) is 9.59 Å². The number of halogens is 2. The fourth-order valence-corrected chi connectivity index (χ4v) is 2.69. The Labute approximate surface area is 162 Å². The number of hydrazone groups is 1. The number of anilines is 1. The van der Waals surface area contributed by atoms with Gasteiger partial charge >= 0.3 is 0 Å². The SMILES string of the molecule is Cc1ccc(C=NNC(=O)CCC(=O)Nc2ccc(Cl)cc2Cl)c(C)c1. The van der Waals surface area contributed by atoms with Crippen molar-refractivity contribution in [1.29, 1.82) is 0 Å². The second-order valence-electron chi connectivity index (χ2n) is 5.83. The van der Waals surface area contributed by atoms with Gasteiger partial charge in [-0.05, 0) is 43.2 Å². The summed E-state index contributed by atoms with van der Waals surface area (Å²) in [6, 6.07) is 10.7. The van der Waals surface area contributed by atoms with Crippen molar-refractivity contribution in [3.63, 3.8) is 0 Å². The second-order valence-corrected chi connectivity index (χ2v) is 6.67. The Morgan fingerprint density at radius 1 is 1.04 bits per heavy atom. The largest absolute Gasteiger partial charge is 0.325 e. The highest BCUT2D eigenvalue weighted by Gasteiger charge is 2.09. The third-order valence-electron chi connectivity index (χ3n) is 3.60. The maximum atomic E-state index is 11.9. The van der Waals surface area contributed by atoms with Crippen molar-refractivity contribution < 1.29 is 9.59 Å². The van der Waals surface area contributed by atoms with E-state index in [0.29, 0.717) is 15.7 Å². The molecule has 0 aliphatic heterocycles.